The summed E-state index contributed by atoms with van der Waals surface area (Å²) in [5.74, 6) is -1.98. The maximum absolute atomic E-state index is 14.8. The van der Waals surface area contributed by atoms with Crippen molar-refractivity contribution in [3.63, 3.8) is 0 Å². The molecular formula is C33H30N4O5. The molecule has 0 radical (unpaired) electrons. The molecule has 0 unspecified atom stereocenters. The molecule has 1 saturated heterocycles. The number of benzene rings is 3. The number of imide groups is 1. The van der Waals surface area contributed by atoms with Gasteiger partial charge in [-0.3, -0.25) is 4.79 Å². The molecule has 1 N–H and O–H groups in total. The van der Waals surface area contributed by atoms with E-state index >= 15 is 0 Å². The second-order valence-corrected chi connectivity index (χ2v) is 11.2. The molecular weight excluding hydrogens is 532 g/mol. The van der Waals surface area contributed by atoms with E-state index in [9.17, 15) is 25.3 Å². The first-order chi connectivity index (χ1) is 20.1. The summed E-state index contributed by atoms with van der Waals surface area (Å²) in [6, 6.07) is 26.3. The number of hydroxylamine groups is 2. The van der Waals surface area contributed by atoms with Gasteiger partial charge in [-0.05, 0) is 56.2 Å². The lowest BCUT2D eigenvalue weighted by Gasteiger charge is -2.35. The molecule has 3 aromatic carbocycles. The molecule has 4 atom stereocenters. The van der Waals surface area contributed by atoms with Crippen LogP contribution in [0.3, 0.4) is 0 Å². The average Bonchev–Trinajstić information content (AvgIpc) is 3.39. The van der Waals surface area contributed by atoms with Crippen LogP contribution in [0.25, 0.3) is 0 Å². The standard InChI is InChI=1S/C33H30N4O5/c1-32(2,3)42-31(39)36-27-16-15-24(41-4)18-25(27)33(30(36)38)26(17-21(19-34)20-35)28(22-11-7-5-8-12-22)29(37(33)40)23-13-9-6-10-14-23/h5-18,26,28-29,40H,1-4H3/t26-,28-,29+,33-/m1/s1. The van der Waals surface area contributed by atoms with Crippen molar-refractivity contribution < 1.29 is 24.3 Å². The molecule has 42 heavy (non-hydrogen) atoms. The quantitative estimate of drug-likeness (QED) is 0.384. The molecule has 0 bridgehead atoms. The van der Waals surface area contributed by atoms with Crippen LogP contribution < -0.4 is 9.64 Å². The zero-order chi connectivity index (χ0) is 30.2. The fourth-order valence-corrected chi connectivity index (χ4v) is 6.12. The maximum Gasteiger partial charge on any atom is 0.421 e. The van der Waals surface area contributed by atoms with Gasteiger partial charge in [0.1, 0.15) is 29.1 Å². The van der Waals surface area contributed by atoms with Gasteiger partial charge in [-0.1, -0.05) is 60.7 Å². The van der Waals surface area contributed by atoms with Crippen molar-refractivity contribution in [2.45, 2.75) is 43.9 Å². The summed E-state index contributed by atoms with van der Waals surface area (Å²) < 4.78 is 11.1. The third-order valence-electron chi connectivity index (χ3n) is 7.71. The smallest absolute Gasteiger partial charge is 0.421 e. The average molecular weight is 563 g/mol. The molecule has 2 aliphatic rings. The zero-order valence-electron chi connectivity index (χ0n) is 23.7. The number of ether oxygens (including phenoxy) is 2. The summed E-state index contributed by atoms with van der Waals surface area (Å²) in [6.45, 7) is 5.08. The van der Waals surface area contributed by atoms with Gasteiger partial charge in [0.2, 0.25) is 0 Å². The Morgan fingerprint density at radius 1 is 0.976 bits per heavy atom. The molecule has 0 saturated carbocycles. The van der Waals surface area contributed by atoms with Gasteiger partial charge in [0, 0.05) is 17.4 Å². The van der Waals surface area contributed by atoms with Crippen LogP contribution in [0.1, 0.15) is 49.4 Å². The summed E-state index contributed by atoms with van der Waals surface area (Å²) in [5.41, 5.74) is -1.10. The summed E-state index contributed by atoms with van der Waals surface area (Å²) in [6.07, 6.45) is 0.524. The normalized spacial score (nSPS) is 23.2. The van der Waals surface area contributed by atoms with Gasteiger partial charge < -0.3 is 14.7 Å². The molecule has 2 amide bonds. The van der Waals surface area contributed by atoms with Crippen LogP contribution in [0.4, 0.5) is 10.5 Å². The highest BCUT2D eigenvalue weighted by Crippen LogP contribution is 2.64. The second kappa shape index (κ2) is 10.8. The number of nitrogens with zero attached hydrogens (tertiary/aromatic N) is 4. The first kappa shape index (κ1) is 28.6. The largest absolute Gasteiger partial charge is 0.497 e. The number of anilines is 1. The summed E-state index contributed by atoms with van der Waals surface area (Å²) in [5, 5.41) is 33.0. The number of fused-ring (bicyclic) bond motifs is 2. The summed E-state index contributed by atoms with van der Waals surface area (Å²) in [4.78, 5) is 29.4. The van der Waals surface area contributed by atoms with Gasteiger partial charge in [0.15, 0.2) is 5.54 Å². The van der Waals surface area contributed by atoms with Crippen LogP contribution >= 0.6 is 0 Å². The molecule has 212 valence electrons. The maximum atomic E-state index is 14.8. The first-order valence-corrected chi connectivity index (χ1v) is 13.4. The molecule has 9 nitrogen and oxygen atoms in total. The number of hydrogen-bond acceptors (Lipinski definition) is 8. The van der Waals surface area contributed by atoms with E-state index in [4.69, 9.17) is 9.47 Å². The predicted molar refractivity (Wildman–Crippen MR) is 153 cm³/mol. The molecule has 2 aliphatic heterocycles. The Labute approximate surface area is 244 Å². The van der Waals surface area contributed by atoms with Crippen LogP contribution in [-0.2, 0) is 15.1 Å². The van der Waals surface area contributed by atoms with E-state index in [0.717, 1.165) is 15.5 Å². The lowest BCUT2D eigenvalue weighted by atomic mass is 9.71. The molecule has 0 aliphatic carbocycles. The summed E-state index contributed by atoms with van der Waals surface area (Å²) in [7, 11) is 1.47. The minimum Gasteiger partial charge on any atom is -0.497 e. The fourth-order valence-electron chi connectivity index (χ4n) is 6.12. The molecule has 1 fully saturated rings. The molecule has 9 heteroatoms. The Hall–Kier alpha value is -4.96. The van der Waals surface area contributed by atoms with E-state index in [2.05, 4.69) is 0 Å². The Balaban J connectivity index is 1.87. The number of methoxy groups -OCH3 is 1. The van der Waals surface area contributed by atoms with Crippen LogP contribution in [0.15, 0.2) is 90.5 Å². The van der Waals surface area contributed by atoms with E-state index in [1.54, 1.807) is 39.0 Å². The number of carbonyl (C=O) groups excluding carboxylic acids is 2. The molecule has 0 aromatic heterocycles. The van der Waals surface area contributed by atoms with Crippen molar-refractivity contribution in [2.24, 2.45) is 5.92 Å². The molecule has 2 heterocycles. The van der Waals surface area contributed by atoms with Crippen molar-refractivity contribution in [1.29, 1.82) is 10.5 Å². The highest BCUT2D eigenvalue weighted by atomic mass is 16.6. The zero-order valence-corrected chi connectivity index (χ0v) is 23.7. The number of amides is 2. The minimum absolute atomic E-state index is 0.212. The second-order valence-electron chi connectivity index (χ2n) is 11.2. The van der Waals surface area contributed by atoms with E-state index in [0.29, 0.717) is 11.3 Å². The number of rotatable bonds is 4. The minimum atomic E-state index is -1.93. The third-order valence-corrected chi connectivity index (χ3v) is 7.71. The number of hydrogen-bond donors (Lipinski definition) is 1. The highest BCUT2D eigenvalue weighted by molar-refractivity contribution is 6.21. The van der Waals surface area contributed by atoms with Gasteiger partial charge >= 0.3 is 6.09 Å². The van der Waals surface area contributed by atoms with E-state index in [1.165, 1.54) is 13.2 Å². The Morgan fingerprint density at radius 3 is 2.12 bits per heavy atom. The predicted octanol–water partition coefficient (Wildman–Crippen LogP) is 5.99. The van der Waals surface area contributed by atoms with Crippen LogP contribution in [-0.4, -0.2) is 35.0 Å². The fraction of sp³-hybridized carbons (Fsp3) is 0.273. The van der Waals surface area contributed by atoms with Crippen molar-refractivity contribution in [2.75, 3.05) is 12.0 Å². The lowest BCUT2D eigenvalue weighted by Crippen LogP contribution is -2.53. The van der Waals surface area contributed by atoms with Gasteiger partial charge in [0.05, 0.1) is 18.8 Å². The first-order valence-electron chi connectivity index (χ1n) is 13.4. The number of nitriles is 2. The third kappa shape index (κ3) is 4.50. The summed E-state index contributed by atoms with van der Waals surface area (Å²) >= 11 is 0. The van der Waals surface area contributed by atoms with Gasteiger partial charge in [-0.25, -0.2) is 9.69 Å². The topological polar surface area (TPSA) is 127 Å². The van der Waals surface area contributed by atoms with Gasteiger partial charge in [-0.2, -0.15) is 15.6 Å². The van der Waals surface area contributed by atoms with Crippen molar-refractivity contribution in [1.82, 2.24) is 5.06 Å². The lowest BCUT2D eigenvalue weighted by molar-refractivity contribution is -0.189. The Morgan fingerprint density at radius 2 is 1.57 bits per heavy atom. The van der Waals surface area contributed by atoms with Gasteiger partial charge in [0.25, 0.3) is 5.91 Å². The Bertz CT molecular complexity index is 1620. The number of allylic oxidation sites excluding steroid dienone is 1. The van der Waals surface area contributed by atoms with Crippen molar-refractivity contribution >= 4 is 17.7 Å². The van der Waals surface area contributed by atoms with Crippen molar-refractivity contribution in [3.8, 4) is 17.9 Å². The SMILES string of the molecule is COc1ccc2c(c1)[C@]1(C(=O)N2C(=O)OC(C)(C)C)[C@H](C=C(C#N)C#N)[C@@H](c2ccccc2)[C@H](c2ccccc2)N1O. The van der Waals surface area contributed by atoms with Crippen LogP contribution in [0, 0.1) is 28.6 Å². The molecule has 5 rings (SSSR count). The molecule has 1 spiro atoms. The van der Waals surface area contributed by atoms with Crippen LogP contribution in [0.2, 0.25) is 0 Å². The van der Waals surface area contributed by atoms with E-state index in [1.807, 2.05) is 72.8 Å². The van der Waals surface area contributed by atoms with Crippen molar-refractivity contribution in [3.05, 3.63) is 107 Å². The number of carbonyl (C=O) groups is 2. The van der Waals surface area contributed by atoms with E-state index < -0.39 is 41.0 Å². The van der Waals surface area contributed by atoms with E-state index in [-0.39, 0.29) is 16.8 Å². The monoisotopic (exact) mass is 562 g/mol. The highest BCUT2D eigenvalue weighted by Gasteiger charge is 2.69. The van der Waals surface area contributed by atoms with Crippen LogP contribution in [0.5, 0.6) is 5.75 Å². The molecule has 3 aromatic rings. The Kier molecular flexibility index (Phi) is 7.34. The van der Waals surface area contributed by atoms with Gasteiger partial charge in [-0.15, -0.1) is 0 Å².